The molecule has 292 valence electrons. The van der Waals surface area contributed by atoms with Crippen LogP contribution >= 0.6 is 11.3 Å². The minimum absolute atomic E-state index is 0.413. The molecule has 5 nitrogen and oxygen atoms in total. The van der Waals surface area contributed by atoms with Crippen molar-refractivity contribution in [2.45, 2.75) is 6.92 Å². The van der Waals surface area contributed by atoms with Crippen LogP contribution in [-0.4, -0.2) is 13.7 Å². The smallest absolute Gasteiger partial charge is 0.104 e. The number of thiophene rings is 1. The Kier molecular flexibility index (Phi) is 7.46. The maximum atomic E-state index is 12.1. The van der Waals surface area contributed by atoms with Gasteiger partial charge in [0.1, 0.15) is 23.3 Å². The third-order valence-corrected chi connectivity index (χ3v) is 14.1. The van der Waals surface area contributed by atoms with Gasteiger partial charge in [0.25, 0.3) is 0 Å². The standard InChI is InChI=1S/C57H33N5S/c1-34-26-28-35(29-27-34)54-56(60-46-20-8-2-14-36(46)37-15-3-9-21-47(37)60)44(32-58)55(45(33-59)57(54)61-48-22-10-4-16-38(48)39-17-5-11-23-49(39)61)62-50-24-12-6-18-40(50)42-31-53-43(30-51(42)62)41-19-7-13-25-52(41)63-53/h2-31H,1H3. The van der Waals surface area contributed by atoms with Crippen LogP contribution in [0.4, 0.5) is 0 Å². The fourth-order valence-electron chi connectivity index (χ4n) is 10.3. The Morgan fingerprint density at radius 3 is 1.22 bits per heavy atom. The zero-order valence-electron chi connectivity index (χ0n) is 34.0. The number of aromatic nitrogens is 3. The van der Waals surface area contributed by atoms with Crippen LogP contribution in [0, 0.1) is 29.6 Å². The molecule has 0 bridgehead atoms. The van der Waals surface area contributed by atoms with Gasteiger partial charge >= 0.3 is 0 Å². The number of nitriles is 2. The Morgan fingerprint density at radius 2 is 0.762 bits per heavy atom. The minimum atomic E-state index is 0.413. The lowest BCUT2D eigenvalue weighted by atomic mass is 9.91. The van der Waals surface area contributed by atoms with Gasteiger partial charge < -0.3 is 13.7 Å². The first-order chi connectivity index (χ1) is 31.1. The van der Waals surface area contributed by atoms with E-state index in [4.69, 9.17) is 0 Å². The number of para-hydroxylation sites is 5. The molecule has 0 spiro atoms. The van der Waals surface area contributed by atoms with Crippen molar-refractivity contribution in [2.75, 3.05) is 0 Å². The van der Waals surface area contributed by atoms with Crippen LogP contribution in [0.2, 0.25) is 0 Å². The fourth-order valence-corrected chi connectivity index (χ4v) is 11.5. The molecule has 0 atom stereocenters. The van der Waals surface area contributed by atoms with Crippen LogP contribution in [-0.2, 0) is 0 Å². The van der Waals surface area contributed by atoms with Gasteiger partial charge in [0.05, 0.1) is 50.2 Å². The molecule has 0 N–H and O–H groups in total. The lowest BCUT2D eigenvalue weighted by molar-refractivity contribution is 1.08. The van der Waals surface area contributed by atoms with Crippen molar-refractivity contribution in [1.82, 2.24) is 13.7 Å². The van der Waals surface area contributed by atoms with E-state index in [1.54, 1.807) is 11.3 Å². The molecule has 4 aromatic heterocycles. The molecule has 0 aliphatic rings. The number of benzene rings is 9. The van der Waals surface area contributed by atoms with Gasteiger partial charge in [0.15, 0.2) is 0 Å². The summed E-state index contributed by atoms with van der Waals surface area (Å²) >= 11 is 1.79. The summed E-state index contributed by atoms with van der Waals surface area (Å²) in [6, 6.07) is 69.5. The van der Waals surface area contributed by atoms with Gasteiger partial charge in [-0.15, -0.1) is 11.3 Å². The van der Waals surface area contributed by atoms with E-state index in [0.717, 1.165) is 98.9 Å². The molecular formula is C57H33N5S. The number of rotatable bonds is 4. The molecule has 0 fully saturated rings. The van der Waals surface area contributed by atoms with Crippen LogP contribution in [0.15, 0.2) is 182 Å². The summed E-state index contributed by atoms with van der Waals surface area (Å²) in [4.78, 5) is 0. The first kappa shape index (κ1) is 35.3. The zero-order valence-corrected chi connectivity index (χ0v) is 34.8. The topological polar surface area (TPSA) is 62.4 Å². The summed E-state index contributed by atoms with van der Waals surface area (Å²) in [5, 5.41) is 32.9. The molecule has 0 saturated heterocycles. The zero-order chi connectivity index (χ0) is 41.9. The van der Waals surface area contributed by atoms with Crippen molar-refractivity contribution >= 4 is 96.9 Å². The second-order valence-corrected chi connectivity index (χ2v) is 17.4. The number of nitrogens with zero attached hydrogens (tertiary/aromatic N) is 5. The normalized spacial score (nSPS) is 11.9. The van der Waals surface area contributed by atoms with Gasteiger partial charge in [-0.25, -0.2) is 0 Å². The summed E-state index contributed by atoms with van der Waals surface area (Å²) in [6.45, 7) is 2.09. The predicted molar refractivity (Wildman–Crippen MR) is 262 cm³/mol. The molecule has 63 heavy (non-hydrogen) atoms. The highest BCUT2D eigenvalue weighted by Crippen LogP contribution is 2.49. The molecule has 6 heteroatoms. The highest BCUT2D eigenvalue weighted by Gasteiger charge is 2.33. The Bertz CT molecular complexity index is 3920. The molecular weight excluding hydrogens is 787 g/mol. The molecule has 0 aliphatic heterocycles. The van der Waals surface area contributed by atoms with Gasteiger partial charge in [-0.1, -0.05) is 139 Å². The van der Waals surface area contributed by atoms with Gasteiger partial charge in [-0.05, 0) is 61.0 Å². The molecule has 0 aliphatic carbocycles. The van der Waals surface area contributed by atoms with Crippen LogP contribution in [0.1, 0.15) is 16.7 Å². The number of hydrogen-bond donors (Lipinski definition) is 0. The minimum Gasteiger partial charge on any atom is -0.307 e. The number of aryl methyl sites for hydroxylation is 1. The quantitative estimate of drug-likeness (QED) is 0.178. The largest absolute Gasteiger partial charge is 0.307 e. The van der Waals surface area contributed by atoms with Crippen LogP contribution in [0.25, 0.3) is 114 Å². The molecule has 0 radical (unpaired) electrons. The molecule has 4 heterocycles. The van der Waals surface area contributed by atoms with E-state index in [1.165, 1.54) is 14.8 Å². The number of hydrogen-bond acceptors (Lipinski definition) is 3. The second kappa shape index (κ2) is 13.3. The molecule has 0 amide bonds. The average Bonchev–Trinajstić information content (AvgIpc) is 4.06. The van der Waals surface area contributed by atoms with Crippen molar-refractivity contribution in [1.29, 1.82) is 10.5 Å². The lowest BCUT2D eigenvalue weighted by Gasteiger charge is -2.26. The highest BCUT2D eigenvalue weighted by atomic mass is 32.1. The molecule has 0 saturated carbocycles. The third-order valence-electron chi connectivity index (χ3n) is 13.0. The van der Waals surface area contributed by atoms with Gasteiger partial charge in [0.2, 0.25) is 0 Å². The van der Waals surface area contributed by atoms with Crippen LogP contribution in [0.5, 0.6) is 0 Å². The fraction of sp³-hybridized carbons (Fsp3) is 0.0175. The van der Waals surface area contributed by atoms with E-state index in [0.29, 0.717) is 16.8 Å². The highest BCUT2D eigenvalue weighted by molar-refractivity contribution is 7.25. The Morgan fingerprint density at radius 1 is 0.365 bits per heavy atom. The Hall–Kier alpha value is -8.42. The molecule has 0 unspecified atom stereocenters. The van der Waals surface area contributed by atoms with Crippen LogP contribution < -0.4 is 0 Å². The van der Waals surface area contributed by atoms with E-state index in [1.807, 2.05) is 0 Å². The summed E-state index contributed by atoms with van der Waals surface area (Å²) in [5.41, 5.74) is 11.4. The van der Waals surface area contributed by atoms with Gasteiger partial charge in [-0.3, -0.25) is 0 Å². The summed E-state index contributed by atoms with van der Waals surface area (Å²) in [7, 11) is 0. The van der Waals surface area contributed by atoms with Gasteiger partial charge in [-0.2, -0.15) is 10.5 Å². The third kappa shape index (κ3) is 4.84. The monoisotopic (exact) mass is 819 g/mol. The van der Waals surface area contributed by atoms with E-state index < -0.39 is 0 Å². The van der Waals surface area contributed by atoms with E-state index in [-0.39, 0.29) is 0 Å². The maximum absolute atomic E-state index is 12.1. The Labute approximate surface area is 365 Å². The summed E-state index contributed by atoms with van der Waals surface area (Å²) in [6.07, 6.45) is 0. The lowest BCUT2D eigenvalue weighted by Crippen LogP contribution is -2.14. The average molecular weight is 820 g/mol. The molecule has 13 rings (SSSR count). The SMILES string of the molecule is Cc1ccc(-c2c(-n3c4ccccc4c4ccccc43)c(C#N)c(-n3c4ccccc4c4cc5sc6ccccc6c5cc43)c(C#N)c2-n2c3ccccc3c3ccccc32)cc1. The van der Waals surface area contributed by atoms with Crippen molar-refractivity contribution in [3.8, 4) is 40.3 Å². The first-order valence-electron chi connectivity index (χ1n) is 21.1. The van der Waals surface area contributed by atoms with Crippen molar-refractivity contribution in [3.63, 3.8) is 0 Å². The predicted octanol–water partition coefficient (Wildman–Crippen LogP) is 15.1. The first-order valence-corrected chi connectivity index (χ1v) is 21.9. The number of fused-ring (bicyclic) bond motifs is 12. The van der Waals surface area contributed by atoms with Crippen molar-refractivity contribution < 1.29 is 0 Å². The maximum Gasteiger partial charge on any atom is 0.104 e. The van der Waals surface area contributed by atoms with Crippen molar-refractivity contribution in [2.24, 2.45) is 0 Å². The van der Waals surface area contributed by atoms with E-state index in [9.17, 15) is 10.5 Å². The van der Waals surface area contributed by atoms with E-state index >= 15 is 0 Å². The molecule has 13 aromatic rings. The molecule has 9 aromatic carbocycles. The van der Waals surface area contributed by atoms with Gasteiger partial charge in [0, 0.05) is 58.1 Å². The Balaban J connectivity index is 1.34. The summed E-state index contributed by atoms with van der Waals surface area (Å²) < 4.78 is 9.18. The van der Waals surface area contributed by atoms with E-state index in [2.05, 4.69) is 215 Å². The second-order valence-electron chi connectivity index (χ2n) is 16.3. The van der Waals surface area contributed by atoms with Crippen LogP contribution in [0.3, 0.4) is 0 Å². The van der Waals surface area contributed by atoms with Crippen molar-refractivity contribution in [3.05, 3.63) is 199 Å². The summed E-state index contributed by atoms with van der Waals surface area (Å²) in [5.74, 6) is 0.